The van der Waals surface area contributed by atoms with Crippen molar-refractivity contribution < 1.29 is 4.79 Å². The number of rotatable bonds is 7. The van der Waals surface area contributed by atoms with Gasteiger partial charge in [-0.2, -0.15) is 0 Å². The van der Waals surface area contributed by atoms with Gasteiger partial charge < -0.3 is 10.6 Å². The summed E-state index contributed by atoms with van der Waals surface area (Å²) in [5.41, 5.74) is 1.04. The third kappa shape index (κ3) is 5.04. The van der Waals surface area contributed by atoms with Crippen LogP contribution in [0.1, 0.15) is 10.7 Å². The summed E-state index contributed by atoms with van der Waals surface area (Å²) in [5.74, 6) is 0.00938. The molecule has 4 nitrogen and oxygen atoms in total. The number of amides is 1. The van der Waals surface area contributed by atoms with Crippen molar-refractivity contribution in [2.75, 3.05) is 19.6 Å². The predicted molar refractivity (Wildman–Crippen MR) is 66.6 cm³/mol. The lowest BCUT2D eigenvalue weighted by molar-refractivity contribution is -0.120. The summed E-state index contributed by atoms with van der Waals surface area (Å²) < 4.78 is 0. The smallest absolute Gasteiger partial charge is 0.233 e. The quantitative estimate of drug-likeness (QED) is 0.549. The van der Waals surface area contributed by atoms with E-state index in [-0.39, 0.29) is 5.91 Å². The molecule has 0 bridgehead atoms. The Morgan fingerprint density at radius 2 is 2.50 bits per heavy atom. The summed E-state index contributed by atoms with van der Waals surface area (Å²) in [5, 5.41) is 8.86. The van der Waals surface area contributed by atoms with Crippen molar-refractivity contribution in [3.8, 4) is 0 Å². The summed E-state index contributed by atoms with van der Waals surface area (Å²) in [6.07, 6.45) is 2.53. The number of carbonyl (C=O) groups excluding carboxylic acids is 1. The van der Waals surface area contributed by atoms with E-state index in [9.17, 15) is 4.79 Å². The molecular formula is C11H17N3OS. The van der Waals surface area contributed by atoms with Crippen molar-refractivity contribution >= 4 is 17.2 Å². The van der Waals surface area contributed by atoms with Crippen LogP contribution in [0.5, 0.6) is 0 Å². The van der Waals surface area contributed by atoms with E-state index in [1.165, 1.54) is 0 Å². The Kier molecular flexibility index (Phi) is 5.74. The Balaban J connectivity index is 2.10. The molecule has 1 rings (SSSR count). The number of hydrogen-bond acceptors (Lipinski definition) is 4. The number of aryl methyl sites for hydroxylation is 1. The number of aromatic nitrogens is 1. The maximum absolute atomic E-state index is 11.3. The fourth-order valence-corrected chi connectivity index (χ4v) is 1.95. The van der Waals surface area contributed by atoms with Crippen molar-refractivity contribution in [2.24, 2.45) is 0 Å². The Morgan fingerprint density at radius 3 is 3.12 bits per heavy atom. The highest BCUT2D eigenvalue weighted by atomic mass is 32.1. The van der Waals surface area contributed by atoms with Gasteiger partial charge in [-0.15, -0.1) is 17.9 Å². The van der Waals surface area contributed by atoms with Gasteiger partial charge in [0, 0.05) is 30.6 Å². The van der Waals surface area contributed by atoms with Crippen LogP contribution < -0.4 is 10.6 Å². The molecule has 2 N–H and O–H groups in total. The second-order valence-electron chi connectivity index (χ2n) is 3.40. The molecule has 0 saturated carbocycles. The summed E-state index contributed by atoms with van der Waals surface area (Å²) in [6.45, 7) is 7.16. The third-order valence-corrected chi connectivity index (χ3v) is 2.93. The predicted octanol–water partition coefficient (Wildman–Crippen LogP) is 0.886. The van der Waals surface area contributed by atoms with Gasteiger partial charge in [-0.05, 0) is 6.92 Å². The Labute approximate surface area is 99.8 Å². The second-order valence-corrected chi connectivity index (χ2v) is 4.34. The molecule has 0 radical (unpaired) electrons. The summed E-state index contributed by atoms with van der Waals surface area (Å²) in [7, 11) is 0. The van der Waals surface area contributed by atoms with Crippen molar-refractivity contribution in [3.05, 3.63) is 28.7 Å². The first kappa shape index (κ1) is 12.9. The number of nitrogens with zero attached hydrogens (tertiary/aromatic N) is 1. The van der Waals surface area contributed by atoms with Crippen molar-refractivity contribution in [3.63, 3.8) is 0 Å². The molecule has 0 aromatic carbocycles. The topological polar surface area (TPSA) is 54.0 Å². The highest BCUT2D eigenvalue weighted by Crippen LogP contribution is 2.08. The molecule has 16 heavy (non-hydrogen) atoms. The lowest BCUT2D eigenvalue weighted by Crippen LogP contribution is -2.34. The molecule has 0 unspecified atom stereocenters. The van der Waals surface area contributed by atoms with Gasteiger partial charge in [0.2, 0.25) is 5.91 Å². The molecule has 0 aliphatic heterocycles. The van der Waals surface area contributed by atoms with E-state index >= 15 is 0 Å². The number of hydrogen-bond donors (Lipinski definition) is 2. The first-order valence-electron chi connectivity index (χ1n) is 5.21. The molecule has 1 heterocycles. The molecule has 1 aromatic rings. The van der Waals surface area contributed by atoms with Gasteiger partial charge in [-0.1, -0.05) is 6.08 Å². The Hall–Kier alpha value is -1.20. The third-order valence-electron chi connectivity index (χ3n) is 1.90. The molecular weight excluding hydrogens is 222 g/mol. The minimum atomic E-state index is 0.00938. The normalized spacial score (nSPS) is 10.1. The lowest BCUT2D eigenvalue weighted by Gasteiger charge is -2.03. The van der Waals surface area contributed by atoms with Crippen LogP contribution in [0.4, 0.5) is 0 Å². The zero-order chi connectivity index (χ0) is 11.8. The van der Waals surface area contributed by atoms with E-state index in [1.54, 1.807) is 17.4 Å². The van der Waals surface area contributed by atoms with Crippen LogP contribution >= 0.6 is 11.3 Å². The van der Waals surface area contributed by atoms with Crippen LogP contribution in [0.15, 0.2) is 18.0 Å². The highest BCUT2D eigenvalue weighted by Gasteiger charge is 2.01. The summed E-state index contributed by atoms with van der Waals surface area (Å²) in [4.78, 5) is 15.6. The van der Waals surface area contributed by atoms with Crippen LogP contribution in [0, 0.1) is 6.92 Å². The van der Waals surface area contributed by atoms with Gasteiger partial charge in [0.15, 0.2) is 0 Å². The van der Waals surface area contributed by atoms with Crippen molar-refractivity contribution in [2.45, 2.75) is 13.3 Å². The molecule has 1 aromatic heterocycles. The van der Waals surface area contributed by atoms with E-state index in [1.807, 2.05) is 12.3 Å². The zero-order valence-electron chi connectivity index (χ0n) is 9.45. The van der Waals surface area contributed by atoms with E-state index in [2.05, 4.69) is 22.2 Å². The van der Waals surface area contributed by atoms with E-state index in [0.29, 0.717) is 19.6 Å². The van der Waals surface area contributed by atoms with Crippen LogP contribution in [-0.2, 0) is 11.2 Å². The van der Waals surface area contributed by atoms with Gasteiger partial charge >= 0.3 is 0 Å². The van der Waals surface area contributed by atoms with Crippen LogP contribution in [0.2, 0.25) is 0 Å². The van der Waals surface area contributed by atoms with E-state index in [0.717, 1.165) is 17.1 Å². The fraction of sp³-hybridized carbons (Fsp3) is 0.455. The SMILES string of the molecule is C=CCNCC(=O)NCCc1nc(C)cs1. The average molecular weight is 239 g/mol. The van der Waals surface area contributed by atoms with Crippen LogP contribution in [0.3, 0.4) is 0 Å². The lowest BCUT2D eigenvalue weighted by atomic mass is 10.4. The summed E-state index contributed by atoms with van der Waals surface area (Å²) >= 11 is 1.63. The molecule has 0 aliphatic rings. The Bertz CT molecular complexity index is 349. The molecule has 0 saturated heterocycles. The number of thiazole rings is 1. The molecule has 0 spiro atoms. The Morgan fingerprint density at radius 1 is 1.69 bits per heavy atom. The average Bonchev–Trinajstić information content (AvgIpc) is 2.65. The zero-order valence-corrected chi connectivity index (χ0v) is 10.3. The molecule has 1 amide bonds. The monoisotopic (exact) mass is 239 g/mol. The van der Waals surface area contributed by atoms with Crippen molar-refractivity contribution in [1.29, 1.82) is 0 Å². The molecule has 88 valence electrons. The van der Waals surface area contributed by atoms with Gasteiger partial charge in [-0.25, -0.2) is 4.98 Å². The fourth-order valence-electron chi connectivity index (χ4n) is 1.18. The van der Waals surface area contributed by atoms with E-state index in [4.69, 9.17) is 0 Å². The van der Waals surface area contributed by atoms with Gasteiger partial charge in [0.25, 0.3) is 0 Å². The number of carbonyl (C=O) groups is 1. The first-order valence-corrected chi connectivity index (χ1v) is 6.09. The maximum atomic E-state index is 11.3. The largest absolute Gasteiger partial charge is 0.355 e. The minimum Gasteiger partial charge on any atom is -0.355 e. The van der Waals surface area contributed by atoms with Crippen molar-refractivity contribution in [1.82, 2.24) is 15.6 Å². The second kappa shape index (κ2) is 7.14. The van der Waals surface area contributed by atoms with Crippen LogP contribution in [-0.4, -0.2) is 30.5 Å². The van der Waals surface area contributed by atoms with Gasteiger partial charge in [-0.3, -0.25) is 4.79 Å². The number of nitrogens with one attached hydrogen (secondary N) is 2. The summed E-state index contributed by atoms with van der Waals surface area (Å²) in [6, 6.07) is 0. The molecule has 5 heteroatoms. The highest BCUT2D eigenvalue weighted by molar-refractivity contribution is 7.09. The standard InChI is InChI=1S/C11H17N3OS/c1-3-5-12-7-10(15)13-6-4-11-14-9(2)8-16-11/h3,8,12H,1,4-7H2,2H3,(H,13,15). The van der Waals surface area contributed by atoms with E-state index < -0.39 is 0 Å². The molecule has 0 atom stereocenters. The van der Waals surface area contributed by atoms with Crippen LogP contribution in [0.25, 0.3) is 0 Å². The maximum Gasteiger partial charge on any atom is 0.233 e. The molecule has 0 fully saturated rings. The minimum absolute atomic E-state index is 0.00938. The first-order chi connectivity index (χ1) is 7.72. The molecule has 0 aliphatic carbocycles. The van der Waals surface area contributed by atoms with Gasteiger partial charge in [0.1, 0.15) is 0 Å². The van der Waals surface area contributed by atoms with Gasteiger partial charge in [0.05, 0.1) is 11.6 Å².